The van der Waals surface area contributed by atoms with E-state index in [2.05, 4.69) is 42.4 Å². The van der Waals surface area contributed by atoms with E-state index < -0.39 is 5.97 Å². The van der Waals surface area contributed by atoms with Gasteiger partial charge >= 0.3 is 5.97 Å². The molecule has 0 saturated carbocycles. The molecule has 0 spiro atoms. The number of ether oxygens (including phenoxy) is 2. The van der Waals surface area contributed by atoms with Crippen molar-refractivity contribution >= 4 is 60.7 Å². The standard InChI is InChI=1S/C26H18Br2N2O4/c1-33-23-13-16(15-29-30-25(31)18-8-4-9-19(27)14-18)12-22(28)24(23)34-26(32)21-11-5-7-17-6-2-3-10-20(17)21/h2-15H,1H3,(H,30,31)/b29-15-. The van der Waals surface area contributed by atoms with Crippen LogP contribution in [-0.2, 0) is 0 Å². The van der Waals surface area contributed by atoms with E-state index in [1.54, 1.807) is 36.4 Å². The summed E-state index contributed by atoms with van der Waals surface area (Å²) < 4.78 is 12.4. The second-order valence-electron chi connectivity index (χ2n) is 7.16. The minimum Gasteiger partial charge on any atom is -0.493 e. The fraction of sp³-hybridized carbons (Fsp3) is 0.0385. The first-order valence-corrected chi connectivity index (χ1v) is 11.7. The molecule has 1 N–H and O–H groups in total. The van der Waals surface area contributed by atoms with Crippen LogP contribution in [0.4, 0.5) is 0 Å². The first-order chi connectivity index (χ1) is 16.5. The molecule has 0 atom stereocenters. The molecule has 34 heavy (non-hydrogen) atoms. The Bertz CT molecular complexity index is 1410. The molecular weight excluding hydrogens is 564 g/mol. The van der Waals surface area contributed by atoms with E-state index in [9.17, 15) is 9.59 Å². The van der Waals surface area contributed by atoms with Crippen LogP contribution in [0.15, 0.2) is 92.9 Å². The Labute approximate surface area is 212 Å². The van der Waals surface area contributed by atoms with E-state index in [0.29, 0.717) is 26.9 Å². The number of fused-ring (bicyclic) bond motifs is 1. The summed E-state index contributed by atoms with van der Waals surface area (Å²) in [5, 5.41) is 5.76. The zero-order valence-electron chi connectivity index (χ0n) is 17.9. The van der Waals surface area contributed by atoms with Gasteiger partial charge in [-0.3, -0.25) is 4.79 Å². The van der Waals surface area contributed by atoms with Crippen molar-refractivity contribution in [3.63, 3.8) is 0 Å². The van der Waals surface area contributed by atoms with Crippen molar-refractivity contribution in [1.82, 2.24) is 5.43 Å². The summed E-state index contributed by atoms with van der Waals surface area (Å²) in [4.78, 5) is 25.2. The van der Waals surface area contributed by atoms with Gasteiger partial charge in [-0.2, -0.15) is 5.10 Å². The lowest BCUT2D eigenvalue weighted by atomic mass is 10.0. The van der Waals surface area contributed by atoms with Gasteiger partial charge in [-0.25, -0.2) is 10.2 Å². The molecule has 0 radical (unpaired) electrons. The van der Waals surface area contributed by atoms with E-state index in [0.717, 1.165) is 15.2 Å². The molecule has 4 rings (SSSR count). The molecule has 6 nitrogen and oxygen atoms in total. The fourth-order valence-corrected chi connectivity index (χ4v) is 4.26. The zero-order chi connectivity index (χ0) is 24.1. The van der Waals surface area contributed by atoms with Crippen LogP contribution >= 0.6 is 31.9 Å². The van der Waals surface area contributed by atoms with Crippen molar-refractivity contribution in [2.45, 2.75) is 0 Å². The first-order valence-electron chi connectivity index (χ1n) is 10.1. The molecule has 0 saturated heterocycles. The lowest BCUT2D eigenvalue weighted by Gasteiger charge is -2.13. The smallest absolute Gasteiger partial charge is 0.344 e. The van der Waals surface area contributed by atoms with Crippen LogP contribution in [0.5, 0.6) is 11.5 Å². The Morgan fingerprint density at radius 2 is 1.71 bits per heavy atom. The van der Waals surface area contributed by atoms with Crippen LogP contribution < -0.4 is 14.9 Å². The lowest BCUT2D eigenvalue weighted by molar-refractivity contribution is 0.0730. The number of carbonyl (C=O) groups excluding carboxylic acids is 2. The number of halogens is 2. The third-order valence-corrected chi connectivity index (χ3v) is 6.00. The summed E-state index contributed by atoms with van der Waals surface area (Å²) in [7, 11) is 1.48. The summed E-state index contributed by atoms with van der Waals surface area (Å²) in [6, 6.07) is 23.4. The fourth-order valence-electron chi connectivity index (χ4n) is 3.32. The minimum atomic E-state index is -0.501. The Morgan fingerprint density at radius 3 is 2.50 bits per heavy atom. The van der Waals surface area contributed by atoms with Gasteiger partial charge in [0.05, 0.1) is 23.4 Å². The topological polar surface area (TPSA) is 77.0 Å². The molecule has 170 valence electrons. The van der Waals surface area contributed by atoms with E-state index in [1.165, 1.54) is 13.3 Å². The van der Waals surface area contributed by atoms with E-state index >= 15 is 0 Å². The molecule has 1 amide bonds. The van der Waals surface area contributed by atoms with Crippen molar-refractivity contribution in [3.05, 3.63) is 104 Å². The number of nitrogens with zero attached hydrogens (tertiary/aromatic N) is 1. The highest BCUT2D eigenvalue weighted by atomic mass is 79.9. The largest absolute Gasteiger partial charge is 0.493 e. The number of hydrogen-bond donors (Lipinski definition) is 1. The Morgan fingerprint density at radius 1 is 0.941 bits per heavy atom. The number of amides is 1. The van der Waals surface area contributed by atoms with Gasteiger partial charge in [0.25, 0.3) is 5.91 Å². The maximum atomic E-state index is 13.0. The molecule has 0 fully saturated rings. The van der Waals surface area contributed by atoms with Gasteiger partial charge in [0.2, 0.25) is 0 Å². The summed E-state index contributed by atoms with van der Waals surface area (Å²) in [6.45, 7) is 0. The molecule has 0 aliphatic rings. The highest BCUT2D eigenvalue weighted by Crippen LogP contribution is 2.37. The lowest BCUT2D eigenvalue weighted by Crippen LogP contribution is -2.17. The van der Waals surface area contributed by atoms with E-state index in [1.807, 2.05) is 42.5 Å². The van der Waals surface area contributed by atoms with Crippen molar-refractivity contribution in [3.8, 4) is 11.5 Å². The summed E-state index contributed by atoms with van der Waals surface area (Å²) >= 11 is 6.78. The number of rotatable bonds is 6. The maximum absolute atomic E-state index is 13.0. The summed E-state index contributed by atoms with van der Waals surface area (Å²) in [6.07, 6.45) is 1.47. The number of benzene rings is 4. The van der Waals surface area contributed by atoms with Gasteiger partial charge in [0.1, 0.15) is 0 Å². The number of esters is 1. The second-order valence-corrected chi connectivity index (χ2v) is 8.93. The summed E-state index contributed by atoms with van der Waals surface area (Å²) in [5.41, 5.74) is 4.04. The third-order valence-electron chi connectivity index (χ3n) is 4.92. The quantitative estimate of drug-likeness (QED) is 0.124. The minimum absolute atomic E-state index is 0.246. The highest BCUT2D eigenvalue weighted by molar-refractivity contribution is 9.10. The Hall–Kier alpha value is -3.49. The van der Waals surface area contributed by atoms with Gasteiger partial charge in [-0.05, 0) is 68.7 Å². The van der Waals surface area contributed by atoms with E-state index in [4.69, 9.17) is 9.47 Å². The maximum Gasteiger partial charge on any atom is 0.344 e. The van der Waals surface area contributed by atoms with Crippen molar-refractivity contribution < 1.29 is 19.1 Å². The molecule has 0 aliphatic heterocycles. The summed E-state index contributed by atoms with van der Waals surface area (Å²) in [5.74, 6) is -0.263. The average molecular weight is 582 g/mol. The molecule has 4 aromatic rings. The number of hydrazone groups is 1. The van der Waals surface area contributed by atoms with Gasteiger partial charge < -0.3 is 9.47 Å². The molecule has 8 heteroatoms. The van der Waals surface area contributed by atoms with Crippen LogP contribution in [0.1, 0.15) is 26.3 Å². The Balaban J connectivity index is 1.53. The monoisotopic (exact) mass is 580 g/mol. The van der Waals surface area contributed by atoms with Crippen LogP contribution in [0.3, 0.4) is 0 Å². The predicted molar refractivity (Wildman–Crippen MR) is 139 cm³/mol. The SMILES string of the molecule is COc1cc(/C=N\NC(=O)c2cccc(Br)c2)cc(Br)c1OC(=O)c1cccc2ccccc12. The van der Waals surface area contributed by atoms with Crippen molar-refractivity contribution in [1.29, 1.82) is 0 Å². The van der Waals surface area contributed by atoms with Crippen LogP contribution in [0.25, 0.3) is 10.8 Å². The predicted octanol–water partition coefficient (Wildman–Crippen LogP) is 6.36. The number of methoxy groups -OCH3 is 1. The second kappa shape index (κ2) is 10.6. The zero-order valence-corrected chi connectivity index (χ0v) is 21.1. The number of carbonyl (C=O) groups is 2. The van der Waals surface area contributed by atoms with Gasteiger partial charge in [-0.1, -0.05) is 58.4 Å². The molecule has 0 unspecified atom stereocenters. The van der Waals surface area contributed by atoms with Gasteiger partial charge in [0.15, 0.2) is 11.5 Å². The normalized spacial score (nSPS) is 10.9. The van der Waals surface area contributed by atoms with Crippen LogP contribution in [-0.4, -0.2) is 25.2 Å². The van der Waals surface area contributed by atoms with Gasteiger partial charge in [-0.15, -0.1) is 0 Å². The van der Waals surface area contributed by atoms with Crippen LogP contribution in [0.2, 0.25) is 0 Å². The van der Waals surface area contributed by atoms with E-state index in [-0.39, 0.29) is 11.7 Å². The molecule has 0 aromatic heterocycles. The molecule has 0 bridgehead atoms. The highest BCUT2D eigenvalue weighted by Gasteiger charge is 2.18. The molecular formula is C26H18Br2N2O4. The van der Waals surface area contributed by atoms with Gasteiger partial charge in [0, 0.05) is 10.0 Å². The third kappa shape index (κ3) is 5.35. The number of nitrogens with one attached hydrogen (secondary N) is 1. The molecule has 0 heterocycles. The average Bonchev–Trinajstić information content (AvgIpc) is 2.84. The first kappa shape index (κ1) is 23.7. The molecule has 0 aliphatic carbocycles. The molecule has 4 aromatic carbocycles. The Kier molecular flexibility index (Phi) is 7.40. The van der Waals surface area contributed by atoms with Crippen LogP contribution in [0, 0.1) is 0 Å². The van der Waals surface area contributed by atoms with Crippen molar-refractivity contribution in [2.24, 2.45) is 5.10 Å². The van der Waals surface area contributed by atoms with Crippen molar-refractivity contribution in [2.75, 3.05) is 7.11 Å². The number of hydrogen-bond acceptors (Lipinski definition) is 5.